The Bertz CT molecular complexity index is 2980. The van der Waals surface area contributed by atoms with E-state index in [9.17, 15) is 0 Å². The van der Waals surface area contributed by atoms with E-state index >= 15 is 0 Å². The van der Waals surface area contributed by atoms with Crippen molar-refractivity contribution >= 4 is 67.1 Å². The highest BCUT2D eigenvalue weighted by Crippen LogP contribution is 2.50. The summed E-state index contributed by atoms with van der Waals surface area (Å²) in [5.41, 5.74) is 8.71. The zero-order valence-corrected chi connectivity index (χ0v) is 41.2. The van der Waals surface area contributed by atoms with Gasteiger partial charge in [0, 0.05) is 38.1 Å². The molecule has 63 heavy (non-hydrogen) atoms. The van der Waals surface area contributed by atoms with Crippen molar-refractivity contribution in [1.82, 2.24) is 0 Å². The van der Waals surface area contributed by atoms with Gasteiger partial charge in [-0.1, -0.05) is 174 Å². The fourth-order valence-electron chi connectivity index (χ4n) is 8.33. The zero-order valence-electron chi connectivity index (χ0n) is 39.4. The molecule has 2 aromatic heterocycles. The van der Waals surface area contributed by atoms with E-state index < -0.39 is 16.5 Å². The SMILES string of the molecule is CC1C=c2c(op(OC3=C(C(C)(C)C)C=C(C(C)(C)C)CC=C3c3cc(C(C)(C)C)cc(CC(C)(C)C)c3Op3oc4ccccc4c4ccccc4o3)oc3ccccc23)=CC1. The van der Waals surface area contributed by atoms with Crippen molar-refractivity contribution in [2.24, 2.45) is 22.2 Å². The molecule has 2 unspecified atom stereocenters. The molecule has 8 heteroatoms. The van der Waals surface area contributed by atoms with Crippen LogP contribution in [-0.2, 0) is 11.8 Å². The van der Waals surface area contributed by atoms with Crippen molar-refractivity contribution in [1.29, 1.82) is 0 Å². The van der Waals surface area contributed by atoms with E-state index in [2.05, 4.69) is 151 Å². The Hall–Kier alpha value is -5.02. The van der Waals surface area contributed by atoms with E-state index in [1.807, 2.05) is 48.5 Å². The molecule has 2 aliphatic rings. The van der Waals surface area contributed by atoms with Crippen molar-refractivity contribution < 1.29 is 25.8 Å². The van der Waals surface area contributed by atoms with E-state index in [-0.39, 0.29) is 21.7 Å². The summed E-state index contributed by atoms with van der Waals surface area (Å²) in [6, 6.07) is 29.0. The fraction of sp³-hybridized carbons (Fsp3) is 0.382. The first-order chi connectivity index (χ1) is 29.6. The van der Waals surface area contributed by atoms with Gasteiger partial charge in [0.2, 0.25) is 0 Å². The maximum atomic E-state index is 7.42. The quantitative estimate of drug-likeness (QED) is 0.166. The average molecular weight is 883 g/mol. The second-order valence-electron chi connectivity index (χ2n) is 21.6. The van der Waals surface area contributed by atoms with E-state index in [1.165, 1.54) is 11.1 Å². The number of hydrogen-bond acceptors (Lipinski definition) is 6. The standard InChI is InChI=1S/C55H64O6P2/c1-35-26-29-49-43(30-35)41-22-16-19-25-48(41)58-63(59-49)61-51-42(28-27-37(53(5,6)7)33-45(51)55(11,12)13)44-32-38(54(8,9)10)31-36(34-52(2,3)4)50(44)60-62-56-46-23-17-14-20-39(46)40-21-15-18-24-47(40)57-62/h14-25,28-33,35H,26-27,34H2,1-13H3. The van der Waals surface area contributed by atoms with E-state index in [0.717, 1.165) is 84.4 Å². The van der Waals surface area contributed by atoms with Crippen LogP contribution < -0.4 is 19.7 Å². The van der Waals surface area contributed by atoms with Crippen molar-refractivity contribution in [3.63, 3.8) is 0 Å². The van der Waals surface area contributed by atoms with Gasteiger partial charge in [0.25, 0.3) is 0 Å². The first-order valence-electron chi connectivity index (χ1n) is 22.3. The predicted octanol–water partition coefficient (Wildman–Crippen LogP) is 16.3. The van der Waals surface area contributed by atoms with Crippen LogP contribution in [-0.4, -0.2) is 0 Å². The van der Waals surface area contributed by atoms with Gasteiger partial charge in [-0.25, -0.2) is 0 Å². The van der Waals surface area contributed by atoms with Gasteiger partial charge in [-0.3, -0.25) is 0 Å². The van der Waals surface area contributed by atoms with Crippen molar-refractivity contribution in [2.75, 3.05) is 0 Å². The molecule has 6 aromatic rings. The zero-order chi connectivity index (χ0) is 45.1. The van der Waals surface area contributed by atoms with Crippen LogP contribution in [0.1, 0.15) is 120 Å². The van der Waals surface area contributed by atoms with Gasteiger partial charge >= 0.3 is 16.5 Å². The molecular formula is C55H64O6P2. The Balaban J connectivity index is 1.46. The summed E-state index contributed by atoms with van der Waals surface area (Å²) in [7, 11) is -3.96. The average Bonchev–Trinajstić information content (AvgIpc) is 3.56. The van der Waals surface area contributed by atoms with Crippen LogP contribution in [0.25, 0.3) is 50.6 Å². The van der Waals surface area contributed by atoms with Gasteiger partial charge in [-0.2, -0.15) is 0 Å². The van der Waals surface area contributed by atoms with E-state index in [1.54, 1.807) is 0 Å². The van der Waals surface area contributed by atoms with Crippen LogP contribution in [0.15, 0.2) is 131 Å². The summed E-state index contributed by atoms with van der Waals surface area (Å²) in [5, 5.41) is 3.99. The first kappa shape index (κ1) is 44.6. The third-order valence-corrected chi connectivity index (χ3v) is 13.9. The second kappa shape index (κ2) is 16.8. The van der Waals surface area contributed by atoms with E-state index in [0.29, 0.717) is 18.1 Å². The highest BCUT2D eigenvalue weighted by atomic mass is 31.1. The molecule has 0 spiro atoms. The topological polar surface area (TPSA) is 71.0 Å². The Kier molecular flexibility index (Phi) is 11.9. The fourth-order valence-corrected chi connectivity index (χ4v) is 10.6. The van der Waals surface area contributed by atoms with Crippen molar-refractivity contribution in [2.45, 2.75) is 115 Å². The molecule has 0 amide bonds. The Morgan fingerprint density at radius 1 is 0.619 bits per heavy atom. The number of benzene rings is 4. The van der Waals surface area contributed by atoms with Crippen LogP contribution in [0.5, 0.6) is 5.75 Å². The summed E-state index contributed by atoms with van der Waals surface area (Å²) in [5.74, 6) is 1.81. The van der Waals surface area contributed by atoms with Gasteiger partial charge in [0.15, 0.2) is 0 Å². The largest absolute Gasteiger partial charge is 0.453 e. The van der Waals surface area contributed by atoms with Crippen LogP contribution >= 0.6 is 16.5 Å². The van der Waals surface area contributed by atoms with Gasteiger partial charge in [0.1, 0.15) is 33.7 Å². The third kappa shape index (κ3) is 9.74. The number of hydrogen-bond donors (Lipinski definition) is 0. The molecule has 0 radical (unpaired) electrons. The minimum Gasteiger partial charge on any atom is -0.390 e. The maximum Gasteiger partial charge on any atom is 0.453 e. The molecule has 0 bridgehead atoms. The molecule has 6 nitrogen and oxygen atoms in total. The van der Waals surface area contributed by atoms with Crippen LogP contribution in [0.3, 0.4) is 0 Å². The number of allylic oxidation sites excluding steroid dienone is 5. The molecule has 330 valence electrons. The van der Waals surface area contributed by atoms with Crippen molar-refractivity contribution in [3.8, 4) is 5.75 Å². The number of fused-ring (bicyclic) bond motifs is 6. The molecule has 0 saturated carbocycles. The summed E-state index contributed by atoms with van der Waals surface area (Å²) in [6.07, 6.45) is 11.5. The molecule has 2 heterocycles. The van der Waals surface area contributed by atoms with Gasteiger partial charge in [0.05, 0.1) is 0 Å². The summed E-state index contributed by atoms with van der Waals surface area (Å²) < 4.78 is 42.1. The van der Waals surface area contributed by atoms with Crippen LogP contribution in [0.4, 0.5) is 0 Å². The molecule has 0 aliphatic heterocycles. The van der Waals surface area contributed by atoms with Crippen LogP contribution in [0.2, 0.25) is 0 Å². The lowest BCUT2D eigenvalue weighted by Gasteiger charge is -2.29. The van der Waals surface area contributed by atoms with Gasteiger partial charge in [-0.05, 0) is 88.3 Å². The minimum atomic E-state index is -1.98. The Morgan fingerprint density at radius 2 is 1.17 bits per heavy atom. The predicted molar refractivity (Wildman–Crippen MR) is 265 cm³/mol. The molecule has 2 aliphatic carbocycles. The van der Waals surface area contributed by atoms with Crippen molar-refractivity contribution in [3.05, 3.63) is 141 Å². The number of rotatable bonds is 6. The highest BCUT2D eigenvalue weighted by molar-refractivity contribution is 7.32. The monoisotopic (exact) mass is 882 g/mol. The smallest absolute Gasteiger partial charge is 0.390 e. The molecule has 0 N–H and O–H groups in total. The summed E-state index contributed by atoms with van der Waals surface area (Å²) >= 11 is 0. The normalized spacial score (nSPS) is 16.5. The molecule has 8 rings (SSSR count). The lowest BCUT2D eigenvalue weighted by Crippen LogP contribution is -2.27. The molecular weight excluding hydrogens is 819 g/mol. The lowest BCUT2D eigenvalue weighted by molar-refractivity contribution is 0.402. The molecule has 0 fully saturated rings. The molecule has 0 saturated heterocycles. The maximum absolute atomic E-state index is 7.42. The second-order valence-corrected chi connectivity index (χ2v) is 23.6. The third-order valence-electron chi connectivity index (χ3n) is 11.8. The summed E-state index contributed by atoms with van der Waals surface area (Å²) in [6.45, 7) is 29.5. The molecule has 4 aromatic carbocycles. The van der Waals surface area contributed by atoms with Gasteiger partial charge < -0.3 is 25.8 Å². The van der Waals surface area contributed by atoms with Crippen LogP contribution in [0, 0.1) is 22.2 Å². The van der Waals surface area contributed by atoms with Gasteiger partial charge in [-0.15, -0.1) is 0 Å². The molecule has 2 atom stereocenters. The number of para-hydroxylation sites is 3. The Labute approximate surface area is 375 Å². The minimum absolute atomic E-state index is 0.0802. The Morgan fingerprint density at radius 3 is 1.73 bits per heavy atom. The van der Waals surface area contributed by atoms with E-state index in [4.69, 9.17) is 25.8 Å². The summed E-state index contributed by atoms with van der Waals surface area (Å²) in [4.78, 5) is 0. The lowest BCUT2D eigenvalue weighted by atomic mass is 9.78. The first-order valence-corrected chi connectivity index (χ1v) is 24.5. The highest BCUT2D eigenvalue weighted by Gasteiger charge is 2.34.